The molecule has 0 unspecified atom stereocenters. The molecular formula is C12H10N2O2S. The highest BCUT2D eigenvalue weighted by molar-refractivity contribution is 7.04. The number of rotatable bonds is 1. The Kier molecular flexibility index (Phi) is 3.52. The number of nitrogens with one attached hydrogen (secondary N) is 1. The first kappa shape index (κ1) is 11.3. The number of benzene rings is 1. The van der Waals surface area contributed by atoms with Crippen LogP contribution in [0.2, 0.25) is 0 Å². The van der Waals surface area contributed by atoms with Crippen LogP contribution in [-0.2, 0) is 0 Å². The fraction of sp³-hybridized carbons (Fsp3) is 0. The fourth-order valence-electron chi connectivity index (χ4n) is 1.25. The smallest absolute Gasteiger partial charge is 0.354 e. The average molecular weight is 246 g/mol. The van der Waals surface area contributed by atoms with Crippen molar-refractivity contribution in [1.29, 1.82) is 0 Å². The average Bonchev–Trinajstić information content (AvgIpc) is 2.26. The second-order valence-electron chi connectivity index (χ2n) is 3.23. The number of H-pyrrole nitrogens is 1. The lowest BCUT2D eigenvalue weighted by Crippen LogP contribution is -1.99. The molecule has 0 aliphatic rings. The van der Waals surface area contributed by atoms with Crippen LogP contribution in [0, 0.1) is 0 Å². The molecule has 0 radical (unpaired) electrons. The molecule has 0 bridgehead atoms. The molecule has 0 saturated carbocycles. The molecule has 17 heavy (non-hydrogen) atoms. The van der Waals surface area contributed by atoms with Crippen molar-refractivity contribution >= 4 is 28.4 Å². The van der Waals surface area contributed by atoms with Gasteiger partial charge in [-0.3, -0.25) is 0 Å². The van der Waals surface area contributed by atoms with Crippen LogP contribution in [-0.4, -0.2) is 20.4 Å². The zero-order valence-electron chi connectivity index (χ0n) is 8.83. The van der Waals surface area contributed by atoms with E-state index in [4.69, 9.17) is 5.11 Å². The summed E-state index contributed by atoms with van der Waals surface area (Å²) in [4.78, 5) is 14.6. The predicted octanol–water partition coefficient (Wildman–Crippen LogP) is 3.01. The van der Waals surface area contributed by atoms with Gasteiger partial charge in [0.05, 0.1) is 5.52 Å². The van der Waals surface area contributed by atoms with Gasteiger partial charge in [-0.15, -0.1) is 0 Å². The normalized spacial score (nSPS) is 9.65. The number of fused-ring (bicyclic) bond motifs is 1. The summed E-state index contributed by atoms with van der Waals surface area (Å²) in [5, 5.41) is 11.6. The maximum atomic E-state index is 10.6. The number of aromatic carboxylic acids is 1. The molecule has 0 amide bonds. The van der Waals surface area contributed by atoms with Crippen molar-refractivity contribution in [3.63, 3.8) is 0 Å². The number of hydrogen-bond acceptors (Lipinski definition) is 3. The van der Waals surface area contributed by atoms with Crippen LogP contribution in [0.15, 0.2) is 48.0 Å². The molecule has 4 nitrogen and oxygen atoms in total. The minimum Gasteiger partial charge on any atom is -0.477 e. The molecule has 0 spiro atoms. The summed E-state index contributed by atoms with van der Waals surface area (Å²) in [6.07, 6.45) is 1.89. The van der Waals surface area contributed by atoms with Crippen molar-refractivity contribution in [2.45, 2.75) is 0 Å². The van der Waals surface area contributed by atoms with Crippen LogP contribution in [0.1, 0.15) is 10.5 Å². The standard InChI is InChI=1S/C10H7NO2.C2H3NS/c12-10(13)9-6-5-7-3-1-2-4-8(7)11-9;1-2-4-3-1/h1-6H,(H,12,13);1-3H. The summed E-state index contributed by atoms with van der Waals surface area (Å²) in [5.41, 5.74) is 0.793. The first-order chi connectivity index (χ1) is 8.27. The van der Waals surface area contributed by atoms with Crippen LogP contribution in [0.5, 0.6) is 0 Å². The fourth-order valence-corrected chi connectivity index (χ4v) is 1.39. The summed E-state index contributed by atoms with van der Waals surface area (Å²) in [5.74, 6) is -0.995. The van der Waals surface area contributed by atoms with E-state index in [1.54, 1.807) is 23.7 Å². The zero-order chi connectivity index (χ0) is 12.1. The van der Waals surface area contributed by atoms with Crippen molar-refractivity contribution in [3.05, 3.63) is 53.7 Å². The summed E-state index contributed by atoms with van der Waals surface area (Å²) in [6, 6.07) is 10.7. The minimum atomic E-state index is -0.995. The summed E-state index contributed by atoms with van der Waals surface area (Å²) in [6.45, 7) is 0. The van der Waals surface area contributed by atoms with Gasteiger partial charge in [-0.1, -0.05) is 35.8 Å². The minimum absolute atomic E-state index is 0.0821. The van der Waals surface area contributed by atoms with Crippen molar-refractivity contribution < 1.29 is 9.90 Å². The van der Waals surface area contributed by atoms with Crippen LogP contribution in [0.3, 0.4) is 0 Å². The van der Waals surface area contributed by atoms with Gasteiger partial charge in [-0.05, 0) is 12.1 Å². The van der Waals surface area contributed by atoms with E-state index in [1.807, 2.05) is 29.8 Å². The molecule has 0 aliphatic carbocycles. The van der Waals surface area contributed by atoms with Gasteiger partial charge in [0.15, 0.2) is 0 Å². The van der Waals surface area contributed by atoms with E-state index < -0.39 is 5.97 Å². The third-order valence-corrected chi connectivity index (χ3v) is 2.63. The Morgan fingerprint density at radius 2 is 1.88 bits per heavy atom. The molecule has 86 valence electrons. The summed E-state index contributed by atoms with van der Waals surface area (Å²) >= 11 is 1.61. The van der Waals surface area contributed by atoms with Crippen molar-refractivity contribution in [1.82, 2.24) is 9.36 Å². The second kappa shape index (κ2) is 5.27. The van der Waals surface area contributed by atoms with Crippen LogP contribution in [0.4, 0.5) is 0 Å². The van der Waals surface area contributed by atoms with Crippen molar-refractivity contribution in [2.75, 3.05) is 0 Å². The maximum Gasteiger partial charge on any atom is 0.354 e. The number of pyridine rings is 1. The van der Waals surface area contributed by atoms with E-state index in [2.05, 4.69) is 9.36 Å². The van der Waals surface area contributed by atoms with Gasteiger partial charge in [0.1, 0.15) is 5.69 Å². The van der Waals surface area contributed by atoms with Gasteiger partial charge in [0.2, 0.25) is 0 Å². The molecule has 2 aromatic heterocycles. The van der Waals surface area contributed by atoms with Gasteiger partial charge >= 0.3 is 5.97 Å². The first-order valence-corrected chi connectivity index (χ1v) is 5.80. The Bertz CT molecular complexity index is 594. The van der Waals surface area contributed by atoms with Crippen molar-refractivity contribution in [2.24, 2.45) is 0 Å². The third kappa shape index (κ3) is 2.92. The molecule has 0 aliphatic heterocycles. The number of carbonyl (C=O) groups is 1. The number of para-hydroxylation sites is 1. The highest BCUT2D eigenvalue weighted by Crippen LogP contribution is 2.11. The monoisotopic (exact) mass is 246 g/mol. The topological polar surface area (TPSA) is 66.0 Å². The Labute approximate surface area is 102 Å². The van der Waals surface area contributed by atoms with E-state index in [9.17, 15) is 4.79 Å². The number of carboxylic acids is 1. The Balaban J connectivity index is 0.000000228. The number of carboxylic acid groups (broad SMARTS) is 1. The number of hydrogen-bond donors (Lipinski definition) is 2. The second-order valence-corrected chi connectivity index (χ2v) is 3.98. The van der Waals surface area contributed by atoms with Gasteiger partial charge in [0, 0.05) is 17.0 Å². The molecule has 3 rings (SSSR count). The van der Waals surface area contributed by atoms with Gasteiger partial charge in [-0.2, -0.15) is 0 Å². The molecule has 0 atom stereocenters. The quantitative estimate of drug-likeness (QED) is 0.693. The summed E-state index contributed by atoms with van der Waals surface area (Å²) in [7, 11) is 0. The van der Waals surface area contributed by atoms with Crippen LogP contribution >= 0.6 is 11.5 Å². The van der Waals surface area contributed by atoms with E-state index in [1.165, 1.54) is 6.07 Å². The van der Waals surface area contributed by atoms with Crippen LogP contribution < -0.4 is 0 Å². The number of nitrogens with zero attached hydrogens (tertiary/aromatic N) is 1. The maximum absolute atomic E-state index is 10.6. The Morgan fingerprint density at radius 1 is 1.24 bits per heavy atom. The summed E-state index contributed by atoms with van der Waals surface area (Å²) < 4.78 is 2.85. The Hall–Kier alpha value is -2.14. The lowest BCUT2D eigenvalue weighted by atomic mass is 10.2. The molecular weight excluding hydrogens is 236 g/mol. The molecule has 2 N–H and O–H groups in total. The highest BCUT2D eigenvalue weighted by Gasteiger charge is 2.03. The number of aromatic amines is 1. The molecule has 5 heteroatoms. The van der Waals surface area contributed by atoms with Gasteiger partial charge < -0.3 is 9.48 Å². The number of aromatic nitrogens is 2. The predicted molar refractivity (Wildman–Crippen MR) is 67.4 cm³/mol. The van der Waals surface area contributed by atoms with Crippen molar-refractivity contribution in [3.8, 4) is 0 Å². The van der Waals surface area contributed by atoms with Crippen LogP contribution in [0.25, 0.3) is 10.9 Å². The SMILES string of the molecule is O=C(O)c1ccc2ccccc2n1.c1cs[nH]1. The van der Waals surface area contributed by atoms with Gasteiger partial charge in [0.25, 0.3) is 0 Å². The molecule has 3 aromatic rings. The zero-order valence-corrected chi connectivity index (χ0v) is 9.65. The molecule has 1 aromatic carbocycles. The largest absolute Gasteiger partial charge is 0.477 e. The molecule has 0 saturated heterocycles. The first-order valence-electron chi connectivity index (χ1n) is 4.92. The Morgan fingerprint density at radius 3 is 2.47 bits per heavy atom. The lowest BCUT2D eigenvalue weighted by Gasteiger charge is -1.97. The van der Waals surface area contributed by atoms with E-state index in [0.29, 0.717) is 5.52 Å². The van der Waals surface area contributed by atoms with Gasteiger partial charge in [-0.25, -0.2) is 9.78 Å². The van der Waals surface area contributed by atoms with E-state index in [-0.39, 0.29) is 5.69 Å². The lowest BCUT2D eigenvalue weighted by molar-refractivity contribution is 0.0691. The molecule has 2 heterocycles. The van der Waals surface area contributed by atoms with E-state index in [0.717, 1.165) is 5.39 Å². The molecule has 0 fully saturated rings. The third-order valence-electron chi connectivity index (χ3n) is 2.09. The van der Waals surface area contributed by atoms with E-state index >= 15 is 0 Å². The highest BCUT2D eigenvalue weighted by atomic mass is 32.1.